The van der Waals surface area contributed by atoms with Crippen LogP contribution in [-0.2, 0) is 13.3 Å². The number of halogens is 2. The van der Waals surface area contributed by atoms with Crippen LogP contribution in [0.3, 0.4) is 0 Å². The van der Waals surface area contributed by atoms with Gasteiger partial charge in [-0.25, -0.2) is 4.68 Å². The summed E-state index contributed by atoms with van der Waals surface area (Å²) in [4.78, 5) is 17.1. The number of nitrogens with zero attached hydrogens (tertiary/aromatic N) is 4. The van der Waals surface area contributed by atoms with Crippen molar-refractivity contribution in [3.8, 4) is 5.75 Å². The Morgan fingerprint density at radius 1 is 1.03 bits per heavy atom. The molecule has 0 unspecified atom stereocenters. The summed E-state index contributed by atoms with van der Waals surface area (Å²) in [5.41, 5.74) is 3.47. The fourth-order valence-electron chi connectivity index (χ4n) is 3.82. The molecule has 6 nitrogen and oxygen atoms in total. The van der Waals surface area contributed by atoms with E-state index in [4.69, 9.17) is 27.9 Å². The van der Waals surface area contributed by atoms with E-state index in [1.165, 1.54) is 0 Å². The van der Waals surface area contributed by atoms with Crippen molar-refractivity contribution in [2.45, 2.75) is 27.1 Å². The predicted octanol–water partition coefficient (Wildman–Crippen LogP) is 4.80. The number of amides is 1. The molecule has 1 saturated heterocycles. The zero-order chi connectivity index (χ0) is 22.7. The van der Waals surface area contributed by atoms with Gasteiger partial charge in [-0.1, -0.05) is 41.4 Å². The average Bonchev–Trinajstić information content (AvgIpc) is 3.26. The molecule has 2 aromatic carbocycles. The number of aryl methyl sites for hydroxylation is 2. The van der Waals surface area contributed by atoms with E-state index in [0.29, 0.717) is 18.8 Å². The van der Waals surface area contributed by atoms with Gasteiger partial charge in [0.15, 0.2) is 12.4 Å². The van der Waals surface area contributed by atoms with Crippen LogP contribution in [0, 0.1) is 13.8 Å². The van der Waals surface area contributed by atoms with Crippen molar-refractivity contribution in [3.05, 3.63) is 81.1 Å². The minimum Gasteiger partial charge on any atom is -0.471 e. The molecule has 0 N–H and O–H groups in total. The second kappa shape index (κ2) is 9.94. The second-order valence-electron chi connectivity index (χ2n) is 8.04. The maximum absolute atomic E-state index is 12.9. The SMILES string of the molecule is Cc1cc(OCn2ccc(C(=O)N3CCN(Cc4ccccc4Cl)CC3)n2)cc(C)c1Cl. The van der Waals surface area contributed by atoms with Crippen LogP contribution in [-0.4, -0.2) is 51.7 Å². The van der Waals surface area contributed by atoms with Crippen molar-refractivity contribution in [2.24, 2.45) is 0 Å². The predicted molar refractivity (Wildman–Crippen MR) is 126 cm³/mol. The van der Waals surface area contributed by atoms with Gasteiger partial charge in [-0.2, -0.15) is 5.10 Å². The molecular weight excluding hydrogens is 447 g/mol. The van der Waals surface area contributed by atoms with E-state index in [2.05, 4.69) is 10.00 Å². The Morgan fingerprint density at radius 2 is 1.72 bits per heavy atom. The molecule has 0 spiro atoms. The molecule has 1 aliphatic heterocycles. The van der Waals surface area contributed by atoms with E-state index >= 15 is 0 Å². The highest BCUT2D eigenvalue weighted by atomic mass is 35.5. The summed E-state index contributed by atoms with van der Waals surface area (Å²) in [5.74, 6) is 0.668. The van der Waals surface area contributed by atoms with Gasteiger partial charge in [-0.05, 0) is 54.8 Å². The fourth-order valence-corrected chi connectivity index (χ4v) is 4.12. The number of hydrogen-bond donors (Lipinski definition) is 0. The minimum atomic E-state index is -0.0562. The van der Waals surface area contributed by atoms with E-state index in [1.54, 1.807) is 16.9 Å². The van der Waals surface area contributed by atoms with Gasteiger partial charge >= 0.3 is 0 Å². The molecule has 0 bridgehead atoms. The summed E-state index contributed by atoms with van der Waals surface area (Å²) < 4.78 is 7.45. The third-order valence-corrected chi connectivity index (χ3v) is 6.61. The van der Waals surface area contributed by atoms with Crippen LogP contribution in [0.4, 0.5) is 0 Å². The second-order valence-corrected chi connectivity index (χ2v) is 8.83. The van der Waals surface area contributed by atoms with Crippen LogP contribution < -0.4 is 4.74 Å². The summed E-state index contributed by atoms with van der Waals surface area (Å²) in [5, 5.41) is 5.93. The van der Waals surface area contributed by atoms with Gasteiger partial charge in [0.25, 0.3) is 5.91 Å². The topological polar surface area (TPSA) is 50.6 Å². The summed E-state index contributed by atoms with van der Waals surface area (Å²) in [6.07, 6.45) is 1.76. The molecule has 8 heteroatoms. The van der Waals surface area contributed by atoms with Gasteiger partial charge in [0, 0.05) is 49.0 Å². The van der Waals surface area contributed by atoms with E-state index in [-0.39, 0.29) is 12.6 Å². The Labute approximate surface area is 198 Å². The van der Waals surface area contributed by atoms with Crippen LogP contribution >= 0.6 is 23.2 Å². The van der Waals surface area contributed by atoms with Crippen LogP contribution in [0.2, 0.25) is 10.0 Å². The van der Waals surface area contributed by atoms with Gasteiger partial charge in [-0.15, -0.1) is 0 Å². The number of piperazine rings is 1. The average molecular weight is 473 g/mol. The molecule has 32 heavy (non-hydrogen) atoms. The number of carbonyl (C=O) groups excluding carboxylic acids is 1. The zero-order valence-electron chi connectivity index (χ0n) is 18.2. The third kappa shape index (κ3) is 5.26. The molecule has 1 aromatic heterocycles. The molecule has 1 amide bonds. The van der Waals surface area contributed by atoms with E-state index in [0.717, 1.165) is 52.1 Å². The highest BCUT2D eigenvalue weighted by Crippen LogP contribution is 2.26. The lowest BCUT2D eigenvalue weighted by atomic mass is 10.1. The first-order valence-corrected chi connectivity index (χ1v) is 11.3. The van der Waals surface area contributed by atoms with Gasteiger partial charge in [0.05, 0.1) is 0 Å². The first-order valence-electron chi connectivity index (χ1n) is 10.6. The molecule has 168 valence electrons. The van der Waals surface area contributed by atoms with E-state index < -0.39 is 0 Å². The van der Waals surface area contributed by atoms with Crippen LogP contribution in [0.5, 0.6) is 5.75 Å². The molecule has 0 aliphatic carbocycles. The molecule has 4 rings (SSSR count). The number of benzene rings is 2. The Morgan fingerprint density at radius 3 is 2.41 bits per heavy atom. The van der Waals surface area contributed by atoms with Gasteiger partial charge < -0.3 is 9.64 Å². The van der Waals surface area contributed by atoms with Crippen molar-refractivity contribution in [3.63, 3.8) is 0 Å². The molecule has 1 fully saturated rings. The van der Waals surface area contributed by atoms with Crippen molar-refractivity contribution < 1.29 is 9.53 Å². The Hall–Kier alpha value is -2.54. The summed E-state index contributed by atoms with van der Waals surface area (Å²) in [7, 11) is 0. The molecule has 2 heterocycles. The number of carbonyl (C=O) groups is 1. The van der Waals surface area contributed by atoms with Crippen LogP contribution in [0.25, 0.3) is 0 Å². The molecule has 3 aromatic rings. The third-order valence-electron chi connectivity index (χ3n) is 5.64. The van der Waals surface area contributed by atoms with E-state index in [1.807, 2.05) is 55.1 Å². The number of ether oxygens (including phenoxy) is 1. The van der Waals surface area contributed by atoms with E-state index in [9.17, 15) is 4.79 Å². The van der Waals surface area contributed by atoms with Crippen LogP contribution in [0.15, 0.2) is 48.7 Å². The van der Waals surface area contributed by atoms with Crippen molar-refractivity contribution >= 4 is 29.1 Å². The van der Waals surface area contributed by atoms with Gasteiger partial charge in [-0.3, -0.25) is 9.69 Å². The summed E-state index contributed by atoms with van der Waals surface area (Å²) >= 11 is 12.5. The molecular formula is C24H26Cl2N4O2. The maximum atomic E-state index is 12.9. The standard InChI is InChI=1S/C24H26Cl2N4O2/c1-17-13-20(14-18(2)23(17)26)32-16-30-8-7-22(27-30)24(31)29-11-9-28(10-12-29)15-19-5-3-4-6-21(19)25/h3-8,13-14H,9-12,15-16H2,1-2H3. The molecule has 0 atom stereocenters. The lowest BCUT2D eigenvalue weighted by Crippen LogP contribution is -2.48. The first kappa shape index (κ1) is 22.6. The lowest BCUT2D eigenvalue weighted by molar-refractivity contribution is 0.0621. The Balaban J connectivity index is 1.30. The largest absolute Gasteiger partial charge is 0.471 e. The van der Waals surface area contributed by atoms with Crippen LogP contribution in [0.1, 0.15) is 27.2 Å². The number of rotatable bonds is 6. The van der Waals surface area contributed by atoms with Gasteiger partial charge in [0.1, 0.15) is 5.75 Å². The summed E-state index contributed by atoms with van der Waals surface area (Å²) in [6, 6.07) is 13.4. The smallest absolute Gasteiger partial charge is 0.274 e. The number of aromatic nitrogens is 2. The quantitative estimate of drug-likeness (QED) is 0.516. The maximum Gasteiger partial charge on any atom is 0.274 e. The lowest BCUT2D eigenvalue weighted by Gasteiger charge is -2.34. The fraction of sp³-hybridized carbons (Fsp3) is 0.333. The highest BCUT2D eigenvalue weighted by molar-refractivity contribution is 6.32. The minimum absolute atomic E-state index is 0.0562. The monoisotopic (exact) mass is 472 g/mol. The molecule has 0 saturated carbocycles. The normalized spacial score (nSPS) is 14.6. The Kier molecular flexibility index (Phi) is 7.04. The number of hydrogen-bond acceptors (Lipinski definition) is 4. The van der Waals surface area contributed by atoms with Crippen molar-refractivity contribution in [2.75, 3.05) is 26.2 Å². The summed E-state index contributed by atoms with van der Waals surface area (Å²) in [6.45, 7) is 7.83. The highest BCUT2D eigenvalue weighted by Gasteiger charge is 2.24. The van der Waals surface area contributed by atoms with Crippen molar-refractivity contribution in [1.29, 1.82) is 0 Å². The van der Waals surface area contributed by atoms with Gasteiger partial charge in [0.2, 0.25) is 0 Å². The molecule has 0 radical (unpaired) electrons. The Bertz CT molecular complexity index is 1080. The zero-order valence-corrected chi connectivity index (χ0v) is 19.7. The molecule has 1 aliphatic rings. The van der Waals surface area contributed by atoms with Crippen molar-refractivity contribution in [1.82, 2.24) is 19.6 Å². The first-order chi connectivity index (χ1) is 15.4.